The number of amides is 1. The Morgan fingerprint density at radius 1 is 1.26 bits per heavy atom. The second-order valence-electron chi connectivity index (χ2n) is 7.91. The fourth-order valence-electron chi connectivity index (χ4n) is 4.44. The zero-order valence-electron chi connectivity index (χ0n) is 17.6. The molecule has 0 spiro atoms. The van der Waals surface area contributed by atoms with E-state index in [1.54, 1.807) is 10.7 Å². The molecular formula is C22H23N5O4. The Labute approximate surface area is 178 Å². The first-order valence-corrected chi connectivity index (χ1v) is 10.4. The van der Waals surface area contributed by atoms with Crippen LogP contribution in [0.25, 0.3) is 5.82 Å². The van der Waals surface area contributed by atoms with Gasteiger partial charge in [0.05, 0.1) is 12.3 Å². The maximum Gasteiger partial charge on any atom is 0.264 e. The monoisotopic (exact) mass is 421 g/mol. The minimum absolute atomic E-state index is 0.112. The van der Waals surface area contributed by atoms with Crippen LogP contribution in [0.5, 0.6) is 11.5 Å². The lowest BCUT2D eigenvalue weighted by Crippen LogP contribution is -2.25. The molecule has 9 nitrogen and oxygen atoms in total. The van der Waals surface area contributed by atoms with Crippen LogP contribution in [-0.4, -0.2) is 38.6 Å². The summed E-state index contributed by atoms with van der Waals surface area (Å²) >= 11 is 0. The summed E-state index contributed by atoms with van der Waals surface area (Å²) in [5.74, 6) is 2.20. The number of hydrogen-bond acceptors (Lipinski definition) is 6. The van der Waals surface area contributed by atoms with Crippen LogP contribution in [0.3, 0.4) is 0 Å². The first kappa shape index (κ1) is 19.3. The van der Waals surface area contributed by atoms with Crippen LogP contribution in [0.1, 0.15) is 48.6 Å². The SMILES string of the molecule is CCOc1cc2c(cc1C1CC(=O)Nc3c1c(C)nn3-c1ccc(=O)[nH]n1)OC(C)C2. The molecule has 2 aromatic heterocycles. The molecule has 0 radical (unpaired) electrons. The summed E-state index contributed by atoms with van der Waals surface area (Å²) < 4.78 is 13.5. The predicted octanol–water partition coefficient (Wildman–Crippen LogP) is 2.46. The highest BCUT2D eigenvalue weighted by molar-refractivity contribution is 5.95. The lowest BCUT2D eigenvalue weighted by atomic mass is 9.84. The smallest absolute Gasteiger partial charge is 0.264 e. The van der Waals surface area contributed by atoms with Gasteiger partial charge in [0.25, 0.3) is 5.56 Å². The Bertz CT molecular complexity index is 1220. The minimum Gasteiger partial charge on any atom is -0.494 e. The Balaban J connectivity index is 1.67. The Hall–Kier alpha value is -3.62. The number of carbonyl (C=O) groups is 1. The first-order valence-electron chi connectivity index (χ1n) is 10.4. The maximum atomic E-state index is 12.7. The van der Waals surface area contributed by atoms with Crippen LogP contribution in [0, 0.1) is 6.92 Å². The Kier molecular flexibility index (Phi) is 4.53. The topological polar surface area (TPSA) is 111 Å². The quantitative estimate of drug-likeness (QED) is 0.669. The minimum atomic E-state index is -0.308. The van der Waals surface area contributed by atoms with Crippen molar-refractivity contribution in [2.75, 3.05) is 11.9 Å². The summed E-state index contributed by atoms with van der Waals surface area (Å²) in [6.07, 6.45) is 1.22. The van der Waals surface area contributed by atoms with E-state index in [0.29, 0.717) is 18.2 Å². The third-order valence-corrected chi connectivity index (χ3v) is 5.69. The standard InChI is InChI=1S/C22H23N5O4/c1-4-30-17-8-13-7-11(2)31-16(13)9-14(17)15-10-20(29)23-22-21(15)12(3)26-27(22)18-5-6-19(28)25-24-18/h5-6,8-9,11,15H,4,7,10H2,1-3H3,(H,23,29)(H,25,28). The average Bonchev–Trinajstić information content (AvgIpc) is 3.26. The normalized spacial score (nSPS) is 19.4. The molecule has 0 saturated heterocycles. The van der Waals surface area contributed by atoms with Gasteiger partial charge in [0, 0.05) is 41.5 Å². The fourth-order valence-corrected chi connectivity index (χ4v) is 4.44. The van der Waals surface area contributed by atoms with Gasteiger partial charge in [-0.05, 0) is 39.0 Å². The van der Waals surface area contributed by atoms with Crippen molar-refractivity contribution in [2.24, 2.45) is 0 Å². The van der Waals surface area contributed by atoms with Crippen molar-refractivity contribution in [1.82, 2.24) is 20.0 Å². The molecule has 2 N–H and O–H groups in total. The van der Waals surface area contributed by atoms with E-state index in [4.69, 9.17) is 9.47 Å². The average molecular weight is 421 g/mol. The van der Waals surface area contributed by atoms with E-state index in [1.807, 2.05) is 32.9 Å². The largest absolute Gasteiger partial charge is 0.494 e. The van der Waals surface area contributed by atoms with E-state index in [-0.39, 0.29) is 29.9 Å². The van der Waals surface area contributed by atoms with Gasteiger partial charge in [0.1, 0.15) is 23.4 Å². The Morgan fingerprint density at radius 3 is 2.84 bits per heavy atom. The van der Waals surface area contributed by atoms with Crippen LogP contribution < -0.4 is 20.3 Å². The number of hydrogen-bond donors (Lipinski definition) is 2. The molecule has 1 amide bonds. The molecule has 2 aliphatic rings. The van der Waals surface area contributed by atoms with Crippen LogP contribution in [0.15, 0.2) is 29.1 Å². The number of aryl methyl sites for hydroxylation is 1. The second-order valence-corrected chi connectivity index (χ2v) is 7.91. The maximum absolute atomic E-state index is 12.7. The number of ether oxygens (including phenoxy) is 2. The van der Waals surface area contributed by atoms with Gasteiger partial charge in [0.15, 0.2) is 5.82 Å². The molecule has 0 bridgehead atoms. The van der Waals surface area contributed by atoms with Gasteiger partial charge in [-0.1, -0.05) is 0 Å². The number of aromatic amines is 1. The number of anilines is 1. The lowest BCUT2D eigenvalue weighted by molar-refractivity contribution is -0.116. The van der Waals surface area contributed by atoms with Crippen molar-refractivity contribution in [2.45, 2.75) is 45.6 Å². The van der Waals surface area contributed by atoms with Crippen LogP contribution >= 0.6 is 0 Å². The fraction of sp³-hybridized carbons (Fsp3) is 0.364. The zero-order chi connectivity index (χ0) is 21.7. The Morgan fingerprint density at radius 2 is 2.10 bits per heavy atom. The highest BCUT2D eigenvalue weighted by Crippen LogP contribution is 2.46. The number of nitrogens with one attached hydrogen (secondary N) is 2. The summed E-state index contributed by atoms with van der Waals surface area (Å²) in [5.41, 5.74) is 3.38. The van der Waals surface area contributed by atoms with Crippen molar-refractivity contribution in [3.05, 3.63) is 57.0 Å². The molecule has 9 heteroatoms. The van der Waals surface area contributed by atoms with E-state index in [1.165, 1.54) is 6.07 Å². The van der Waals surface area contributed by atoms with Gasteiger partial charge in [-0.3, -0.25) is 9.59 Å². The van der Waals surface area contributed by atoms with Gasteiger partial charge < -0.3 is 14.8 Å². The highest BCUT2D eigenvalue weighted by atomic mass is 16.5. The molecule has 0 aliphatic carbocycles. The number of H-pyrrole nitrogens is 1. The molecule has 5 rings (SSSR count). The summed E-state index contributed by atoms with van der Waals surface area (Å²) in [7, 11) is 0. The molecule has 3 aromatic rings. The van der Waals surface area contributed by atoms with Gasteiger partial charge >= 0.3 is 0 Å². The van der Waals surface area contributed by atoms with Crippen LogP contribution in [0.2, 0.25) is 0 Å². The van der Waals surface area contributed by atoms with E-state index < -0.39 is 0 Å². The van der Waals surface area contributed by atoms with Crippen LogP contribution in [-0.2, 0) is 11.2 Å². The molecule has 31 heavy (non-hydrogen) atoms. The van der Waals surface area contributed by atoms with Gasteiger partial charge in [-0.2, -0.15) is 14.9 Å². The predicted molar refractivity (Wildman–Crippen MR) is 113 cm³/mol. The molecule has 2 atom stereocenters. The second kappa shape index (κ2) is 7.26. The highest BCUT2D eigenvalue weighted by Gasteiger charge is 2.36. The summed E-state index contributed by atoms with van der Waals surface area (Å²) in [6.45, 7) is 6.41. The third kappa shape index (κ3) is 3.26. The van der Waals surface area contributed by atoms with E-state index >= 15 is 0 Å². The van der Waals surface area contributed by atoms with E-state index in [2.05, 4.69) is 20.6 Å². The zero-order valence-corrected chi connectivity index (χ0v) is 17.6. The molecule has 2 aliphatic heterocycles. The lowest BCUT2D eigenvalue weighted by Gasteiger charge is -2.26. The van der Waals surface area contributed by atoms with Gasteiger partial charge in [0.2, 0.25) is 5.91 Å². The van der Waals surface area contributed by atoms with Gasteiger partial charge in [-0.25, -0.2) is 5.10 Å². The van der Waals surface area contributed by atoms with Crippen molar-refractivity contribution in [1.29, 1.82) is 0 Å². The number of nitrogens with zero attached hydrogens (tertiary/aromatic N) is 3. The van der Waals surface area contributed by atoms with Gasteiger partial charge in [-0.15, -0.1) is 0 Å². The summed E-state index contributed by atoms with van der Waals surface area (Å²) in [4.78, 5) is 24.1. The number of rotatable bonds is 4. The summed E-state index contributed by atoms with van der Waals surface area (Å²) in [5, 5.41) is 14.0. The molecule has 0 saturated carbocycles. The molecular weight excluding hydrogens is 398 g/mol. The molecule has 160 valence electrons. The molecule has 4 heterocycles. The molecule has 1 aromatic carbocycles. The third-order valence-electron chi connectivity index (χ3n) is 5.69. The van der Waals surface area contributed by atoms with E-state index in [0.717, 1.165) is 40.3 Å². The number of benzene rings is 1. The number of carbonyl (C=O) groups excluding carboxylic acids is 1. The molecule has 2 unspecified atom stereocenters. The molecule has 0 fully saturated rings. The van der Waals surface area contributed by atoms with Crippen molar-refractivity contribution >= 4 is 11.7 Å². The van der Waals surface area contributed by atoms with E-state index in [9.17, 15) is 9.59 Å². The number of fused-ring (bicyclic) bond motifs is 2. The van der Waals surface area contributed by atoms with Crippen molar-refractivity contribution < 1.29 is 14.3 Å². The van der Waals surface area contributed by atoms with Crippen molar-refractivity contribution in [3.8, 4) is 17.3 Å². The van der Waals surface area contributed by atoms with Crippen LogP contribution in [0.4, 0.5) is 5.82 Å². The number of aromatic nitrogens is 4. The summed E-state index contributed by atoms with van der Waals surface area (Å²) in [6, 6.07) is 6.98. The first-order chi connectivity index (χ1) is 14.9. The van der Waals surface area contributed by atoms with Crippen molar-refractivity contribution in [3.63, 3.8) is 0 Å².